The summed E-state index contributed by atoms with van der Waals surface area (Å²) < 4.78 is 11.0. The van der Waals surface area contributed by atoms with Crippen molar-refractivity contribution in [2.75, 3.05) is 6.61 Å². The number of hydrogen-bond donors (Lipinski definition) is 1. The van der Waals surface area contributed by atoms with Crippen LogP contribution in [0.15, 0.2) is 47.1 Å². The molecule has 0 radical (unpaired) electrons. The molecule has 0 saturated heterocycles. The molecule has 110 valence electrons. The lowest BCUT2D eigenvalue weighted by molar-refractivity contribution is -0.125. The molecule has 0 bridgehead atoms. The zero-order valence-electron chi connectivity index (χ0n) is 11.3. The average Bonchev–Trinajstić information content (AvgIpc) is 2.99. The van der Waals surface area contributed by atoms with Crippen LogP contribution in [-0.4, -0.2) is 18.5 Å². The van der Waals surface area contributed by atoms with Crippen LogP contribution in [0.1, 0.15) is 29.1 Å². The third-order valence-electron chi connectivity index (χ3n) is 2.78. The predicted octanol–water partition coefficient (Wildman–Crippen LogP) is 2.92. The first-order valence-electron chi connectivity index (χ1n) is 6.32. The number of benzene rings is 1. The van der Waals surface area contributed by atoms with Crippen LogP contribution in [-0.2, 0) is 9.53 Å². The monoisotopic (exact) mass is 399 g/mol. The maximum absolute atomic E-state index is 11.9. The second-order valence-corrected chi connectivity index (χ2v) is 5.52. The van der Waals surface area contributed by atoms with Crippen molar-refractivity contribution >= 4 is 34.5 Å². The van der Waals surface area contributed by atoms with E-state index in [0.29, 0.717) is 11.3 Å². The first-order valence-corrected chi connectivity index (χ1v) is 7.40. The molecule has 0 unspecified atom stereocenters. The lowest BCUT2D eigenvalue weighted by atomic mass is 10.2. The van der Waals surface area contributed by atoms with Gasteiger partial charge in [-0.15, -0.1) is 0 Å². The molecule has 6 heteroatoms. The van der Waals surface area contributed by atoms with Gasteiger partial charge in [-0.3, -0.25) is 4.79 Å². The van der Waals surface area contributed by atoms with Gasteiger partial charge in [0, 0.05) is 3.57 Å². The Hall–Kier alpha value is -1.83. The summed E-state index contributed by atoms with van der Waals surface area (Å²) in [5.41, 5.74) is 0.449. The molecule has 1 aromatic heterocycles. The highest BCUT2D eigenvalue weighted by Gasteiger charge is 2.15. The summed E-state index contributed by atoms with van der Waals surface area (Å²) in [4.78, 5) is 23.6. The Morgan fingerprint density at radius 3 is 2.71 bits per heavy atom. The van der Waals surface area contributed by atoms with Gasteiger partial charge in [0.05, 0.1) is 17.9 Å². The topological polar surface area (TPSA) is 68.5 Å². The lowest BCUT2D eigenvalue weighted by Crippen LogP contribution is -2.31. The van der Waals surface area contributed by atoms with Crippen LogP contribution in [0.5, 0.6) is 0 Å². The van der Waals surface area contributed by atoms with Gasteiger partial charge in [-0.1, -0.05) is 12.1 Å². The van der Waals surface area contributed by atoms with Crippen LogP contribution in [0, 0.1) is 3.57 Å². The van der Waals surface area contributed by atoms with Crippen molar-refractivity contribution in [3.8, 4) is 0 Å². The first-order chi connectivity index (χ1) is 10.1. The van der Waals surface area contributed by atoms with Crippen molar-refractivity contribution in [2.45, 2.75) is 13.0 Å². The second-order valence-electron chi connectivity index (χ2n) is 4.36. The van der Waals surface area contributed by atoms with Gasteiger partial charge >= 0.3 is 5.97 Å². The van der Waals surface area contributed by atoms with Gasteiger partial charge in [-0.25, -0.2) is 4.79 Å². The highest BCUT2D eigenvalue weighted by atomic mass is 127. The number of carbonyl (C=O) groups is 2. The van der Waals surface area contributed by atoms with Gasteiger partial charge in [-0.05, 0) is 53.8 Å². The molecule has 0 aliphatic rings. The standard InChI is InChI=1S/C15H14INO4/c1-10(13-7-4-8-20-13)17-14(18)9-21-15(19)11-5-2-3-6-12(11)16/h2-8,10H,9H2,1H3,(H,17,18)/t10-/m0/s1. The third kappa shape index (κ3) is 4.32. The van der Waals surface area contributed by atoms with Crippen LogP contribution >= 0.6 is 22.6 Å². The van der Waals surface area contributed by atoms with Crippen LogP contribution in [0.4, 0.5) is 0 Å². The number of esters is 1. The van der Waals surface area contributed by atoms with Crippen LogP contribution in [0.2, 0.25) is 0 Å². The number of ether oxygens (including phenoxy) is 1. The number of nitrogens with one attached hydrogen (secondary N) is 1. The van der Waals surface area contributed by atoms with Crippen molar-refractivity contribution in [1.82, 2.24) is 5.32 Å². The molecular formula is C15H14INO4. The highest BCUT2D eigenvalue weighted by molar-refractivity contribution is 14.1. The van der Waals surface area contributed by atoms with Crippen molar-refractivity contribution in [3.63, 3.8) is 0 Å². The molecule has 0 aliphatic heterocycles. The summed E-state index contributed by atoms with van der Waals surface area (Å²) in [5.74, 6) is -0.244. The predicted molar refractivity (Wildman–Crippen MR) is 84.7 cm³/mol. The highest BCUT2D eigenvalue weighted by Crippen LogP contribution is 2.13. The molecule has 5 nitrogen and oxygen atoms in total. The van der Waals surface area contributed by atoms with Crippen LogP contribution < -0.4 is 5.32 Å². The number of halogens is 1. The molecule has 1 atom stereocenters. The van der Waals surface area contributed by atoms with Crippen molar-refractivity contribution < 1.29 is 18.7 Å². The van der Waals surface area contributed by atoms with E-state index in [1.54, 1.807) is 37.3 Å². The number of carbonyl (C=O) groups excluding carboxylic acids is 2. The lowest BCUT2D eigenvalue weighted by Gasteiger charge is -2.11. The van der Waals surface area contributed by atoms with E-state index in [2.05, 4.69) is 5.32 Å². The SMILES string of the molecule is C[C@H](NC(=O)COC(=O)c1ccccc1I)c1ccco1. The van der Waals surface area contributed by atoms with E-state index >= 15 is 0 Å². The summed E-state index contributed by atoms with van der Waals surface area (Å²) in [6.45, 7) is 1.47. The molecule has 1 heterocycles. The van der Waals surface area contributed by atoms with Crippen LogP contribution in [0.25, 0.3) is 0 Å². The first kappa shape index (κ1) is 15.6. The Morgan fingerprint density at radius 1 is 1.29 bits per heavy atom. The fourth-order valence-corrected chi connectivity index (χ4v) is 2.34. The molecule has 21 heavy (non-hydrogen) atoms. The van der Waals surface area contributed by atoms with Crippen molar-refractivity contribution in [3.05, 3.63) is 57.6 Å². The quantitative estimate of drug-likeness (QED) is 0.620. The minimum atomic E-state index is -0.513. The van der Waals surface area contributed by atoms with E-state index in [9.17, 15) is 9.59 Å². The van der Waals surface area contributed by atoms with Gasteiger partial charge < -0.3 is 14.5 Å². The number of amides is 1. The minimum absolute atomic E-state index is 0.275. The molecule has 1 aromatic carbocycles. The maximum atomic E-state index is 11.9. The summed E-state index contributed by atoms with van der Waals surface area (Å²) in [7, 11) is 0. The number of rotatable bonds is 5. The fraction of sp³-hybridized carbons (Fsp3) is 0.200. The molecule has 1 amide bonds. The van der Waals surface area contributed by atoms with Gasteiger partial charge in [-0.2, -0.15) is 0 Å². The molecule has 2 rings (SSSR count). The molecule has 0 spiro atoms. The fourth-order valence-electron chi connectivity index (χ4n) is 1.73. The average molecular weight is 399 g/mol. The Labute approximate surface area is 135 Å². The van der Waals surface area contributed by atoms with Gasteiger partial charge in [0.1, 0.15) is 5.76 Å². The second kappa shape index (κ2) is 7.26. The zero-order valence-corrected chi connectivity index (χ0v) is 13.5. The molecule has 0 fully saturated rings. The third-order valence-corrected chi connectivity index (χ3v) is 3.72. The Kier molecular flexibility index (Phi) is 5.38. The molecule has 1 N–H and O–H groups in total. The number of furan rings is 1. The largest absolute Gasteiger partial charge is 0.467 e. The summed E-state index contributed by atoms with van der Waals surface area (Å²) >= 11 is 2.05. The van der Waals surface area contributed by atoms with E-state index in [4.69, 9.17) is 9.15 Å². The summed E-state index contributed by atoms with van der Waals surface area (Å²) in [6, 6.07) is 10.3. The van der Waals surface area contributed by atoms with E-state index < -0.39 is 5.97 Å². The zero-order chi connectivity index (χ0) is 15.2. The van der Waals surface area contributed by atoms with Gasteiger partial charge in [0.25, 0.3) is 5.91 Å². The summed E-state index contributed by atoms with van der Waals surface area (Å²) in [6.07, 6.45) is 1.54. The number of hydrogen-bond acceptors (Lipinski definition) is 4. The molecule has 0 aliphatic carbocycles. The summed E-state index contributed by atoms with van der Waals surface area (Å²) in [5, 5.41) is 2.69. The Bertz CT molecular complexity index is 624. The minimum Gasteiger partial charge on any atom is -0.467 e. The Morgan fingerprint density at radius 2 is 2.05 bits per heavy atom. The smallest absolute Gasteiger partial charge is 0.339 e. The van der Waals surface area contributed by atoms with Crippen molar-refractivity contribution in [2.24, 2.45) is 0 Å². The molecule has 0 saturated carbocycles. The Balaban J connectivity index is 1.84. The van der Waals surface area contributed by atoms with Gasteiger partial charge in [0.15, 0.2) is 6.61 Å². The van der Waals surface area contributed by atoms with Gasteiger partial charge in [0.2, 0.25) is 0 Å². The van der Waals surface area contributed by atoms with E-state index in [0.717, 1.165) is 3.57 Å². The molecular weight excluding hydrogens is 385 g/mol. The van der Waals surface area contributed by atoms with E-state index in [1.807, 2.05) is 28.7 Å². The van der Waals surface area contributed by atoms with E-state index in [1.165, 1.54) is 6.26 Å². The van der Waals surface area contributed by atoms with Crippen molar-refractivity contribution in [1.29, 1.82) is 0 Å². The normalized spacial score (nSPS) is 11.7. The van der Waals surface area contributed by atoms with E-state index in [-0.39, 0.29) is 18.6 Å². The maximum Gasteiger partial charge on any atom is 0.339 e. The van der Waals surface area contributed by atoms with Crippen LogP contribution in [0.3, 0.4) is 0 Å². The molecule has 2 aromatic rings.